The van der Waals surface area contributed by atoms with Crippen LogP contribution in [-0.4, -0.2) is 12.7 Å². The summed E-state index contributed by atoms with van der Waals surface area (Å²) in [6.07, 6.45) is 2.25. The van der Waals surface area contributed by atoms with Gasteiger partial charge in [-0.3, -0.25) is 11.3 Å². The number of rotatable bonds is 4. The third kappa shape index (κ3) is 2.81. The van der Waals surface area contributed by atoms with Crippen molar-refractivity contribution >= 4 is 23.2 Å². The average molecular weight is 289 g/mol. The van der Waals surface area contributed by atoms with E-state index < -0.39 is 0 Å². The highest BCUT2D eigenvalue weighted by Crippen LogP contribution is 2.36. The van der Waals surface area contributed by atoms with Crippen LogP contribution in [-0.2, 0) is 4.74 Å². The monoisotopic (exact) mass is 288 g/mol. The largest absolute Gasteiger partial charge is 0.378 e. The molecule has 1 aromatic rings. The first-order valence-electron chi connectivity index (χ1n) is 6.20. The maximum absolute atomic E-state index is 6.06. The van der Waals surface area contributed by atoms with Crippen LogP contribution in [0.1, 0.15) is 31.4 Å². The maximum Gasteiger partial charge on any atom is 0.0620 e. The van der Waals surface area contributed by atoms with E-state index >= 15 is 0 Å². The van der Waals surface area contributed by atoms with Gasteiger partial charge in [0.2, 0.25) is 0 Å². The third-order valence-electron chi connectivity index (χ3n) is 3.57. The van der Waals surface area contributed by atoms with E-state index in [1.165, 1.54) is 0 Å². The van der Waals surface area contributed by atoms with Crippen LogP contribution >= 0.6 is 23.2 Å². The topological polar surface area (TPSA) is 47.3 Å². The quantitative estimate of drug-likeness (QED) is 0.660. The van der Waals surface area contributed by atoms with Crippen molar-refractivity contribution < 1.29 is 4.74 Å². The van der Waals surface area contributed by atoms with E-state index in [9.17, 15) is 0 Å². The second-order valence-electron chi connectivity index (χ2n) is 4.59. The number of hydrogen-bond acceptors (Lipinski definition) is 3. The number of nitrogens with two attached hydrogens (primary N) is 1. The first-order chi connectivity index (χ1) is 8.67. The van der Waals surface area contributed by atoms with Crippen LogP contribution in [0.2, 0.25) is 10.0 Å². The molecule has 0 saturated carbocycles. The van der Waals surface area contributed by atoms with Crippen molar-refractivity contribution in [3.05, 3.63) is 33.8 Å². The van der Waals surface area contributed by atoms with E-state index in [1.807, 2.05) is 12.1 Å². The molecule has 0 aliphatic carbocycles. The van der Waals surface area contributed by atoms with Crippen molar-refractivity contribution in [2.24, 2.45) is 11.8 Å². The lowest BCUT2D eigenvalue weighted by Crippen LogP contribution is -2.36. The van der Waals surface area contributed by atoms with E-state index in [4.69, 9.17) is 33.8 Å². The van der Waals surface area contributed by atoms with Crippen LogP contribution in [0.3, 0.4) is 0 Å². The predicted octanol–water partition coefficient (Wildman–Crippen LogP) is 3.31. The van der Waals surface area contributed by atoms with Crippen molar-refractivity contribution in [3.63, 3.8) is 0 Å². The zero-order valence-corrected chi connectivity index (χ0v) is 11.8. The van der Waals surface area contributed by atoms with Crippen LogP contribution in [0.15, 0.2) is 18.2 Å². The smallest absolute Gasteiger partial charge is 0.0620 e. The van der Waals surface area contributed by atoms with Gasteiger partial charge in [0.1, 0.15) is 0 Å². The van der Waals surface area contributed by atoms with E-state index in [0.717, 1.165) is 25.0 Å². The fourth-order valence-electron chi connectivity index (χ4n) is 2.64. The minimum absolute atomic E-state index is 0.0483. The number of hydrogen-bond donors (Lipinski definition) is 2. The molecule has 1 aliphatic heterocycles. The lowest BCUT2D eigenvalue weighted by atomic mass is 9.87. The Morgan fingerprint density at radius 2 is 2.22 bits per heavy atom. The molecule has 1 aliphatic rings. The molecule has 0 radical (unpaired) electrons. The Hall–Kier alpha value is -0.320. The highest BCUT2D eigenvalue weighted by molar-refractivity contribution is 6.42. The van der Waals surface area contributed by atoms with Gasteiger partial charge in [-0.05, 0) is 30.5 Å². The zero-order chi connectivity index (χ0) is 13.1. The summed E-state index contributed by atoms with van der Waals surface area (Å²) < 4.78 is 5.72. The molecule has 3 unspecified atom stereocenters. The minimum Gasteiger partial charge on any atom is -0.378 e. The normalized spacial score (nSPS) is 25.3. The van der Waals surface area contributed by atoms with E-state index in [0.29, 0.717) is 16.0 Å². The molecular weight excluding hydrogens is 271 g/mol. The molecule has 2 rings (SSSR count). The molecule has 1 saturated heterocycles. The van der Waals surface area contributed by atoms with Crippen molar-refractivity contribution in [3.8, 4) is 0 Å². The molecule has 5 heteroatoms. The molecule has 0 aromatic heterocycles. The Morgan fingerprint density at radius 3 is 2.83 bits per heavy atom. The highest BCUT2D eigenvalue weighted by Gasteiger charge is 2.34. The number of nitrogens with one attached hydrogen (secondary N) is 1. The van der Waals surface area contributed by atoms with Crippen molar-refractivity contribution in [1.29, 1.82) is 0 Å². The minimum atomic E-state index is 0.0483. The molecule has 1 heterocycles. The van der Waals surface area contributed by atoms with Gasteiger partial charge in [0.05, 0.1) is 22.2 Å². The molecule has 18 heavy (non-hydrogen) atoms. The Kier molecular flexibility index (Phi) is 4.87. The fraction of sp³-hybridized carbons (Fsp3) is 0.538. The molecule has 100 valence electrons. The molecule has 3 atom stereocenters. The second-order valence-corrected chi connectivity index (χ2v) is 5.40. The van der Waals surface area contributed by atoms with Crippen molar-refractivity contribution in [2.75, 3.05) is 6.61 Å². The Bertz CT molecular complexity index is 414. The average Bonchev–Trinajstić information content (AvgIpc) is 2.83. The van der Waals surface area contributed by atoms with Gasteiger partial charge >= 0.3 is 0 Å². The first kappa shape index (κ1) is 14.1. The van der Waals surface area contributed by atoms with Crippen LogP contribution in [0.4, 0.5) is 0 Å². The van der Waals surface area contributed by atoms with Crippen LogP contribution in [0.25, 0.3) is 0 Å². The fourth-order valence-corrected chi connectivity index (χ4v) is 2.95. The summed E-state index contributed by atoms with van der Waals surface area (Å²) in [5.74, 6) is 6.08. The summed E-state index contributed by atoms with van der Waals surface area (Å²) in [7, 11) is 0. The molecule has 0 spiro atoms. The summed E-state index contributed by atoms with van der Waals surface area (Å²) in [6.45, 7) is 2.92. The Labute approximate surface area is 118 Å². The molecule has 0 bridgehead atoms. The van der Waals surface area contributed by atoms with Crippen molar-refractivity contribution in [2.45, 2.75) is 31.9 Å². The van der Waals surface area contributed by atoms with E-state index in [1.54, 1.807) is 6.07 Å². The molecule has 1 aromatic carbocycles. The van der Waals surface area contributed by atoms with Crippen molar-refractivity contribution in [1.82, 2.24) is 5.43 Å². The summed E-state index contributed by atoms with van der Waals surface area (Å²) >= 11 is 12.0. The Morgan fingerprint density at radius 1 is 1.44 bits per heavy atom. The second kappa shape index (κ2) is 6.22. The molecular formula is C13H18Cl2N2O. The molecule has 3 nitrogen and oxygen atoms in total. The number of hydrazine groups is 1. The van der Waals surface area contributed by atoms with Crippen LogP contribution < -0.4 is 11.3 Å². The lowest BCUT2D eigenvalue weighted by Gasteiger charge is -2.27. The van der Waals surface area contributed by atoms with Gasteiger partial charge in [-0.2, -0.15) is 0 Å². The standard InChI is InChI=1S/C13H18Cl2N2O/c1-2-12-9(5-6-18-12)13(17-16)8-3-4-10(14)11(15)7-8/h3-4,7,9,12-13,17H,2,5-6,16H2,1H3. The molecule has 0 amide bonds. The Balaban J connectivity index is 2.24. The predicted molar refractivity (Wildman–Crippen MR) is 74.7 cm³/mol. The summed E-state index contributed by atoms with van der Waals surface area (Å²) in [6, 6.07) is 5.69. The van der Waals surface area contributed by atoms with Gasteiger partial charge in [-0.25, -0.2) is 0 Å². The van der Waals surface area contributed by atoms with Crippen LogP contribution in [0, 0.1) is 5.92 Å². The van der Waals surface area contributed by atoms with Gasteiger partial charge < -0.3 is 4.74 Å². The maximum atomic E-state index is 6.06. The highest BCUT2D eigenvalue weighted by atomic mass is 35.5. The molecule has 1 fully saturated rings. The SMILES string of the molecule is CCC1OCCC1C(NN)c1ccc(Cl)c(Cl)c1. The lowest BCUT2D eigenvalue weighted by molar-refractivity contribution is 0.0774. The van der Waals surface area contributed by atoms with Gasteiger partial charge in [0, 0.05) is 12.5 Å². The number of halogens is 2. The van der Waals surface area contributed by atoms with E-state index in [2.05, 4.69) is 12.3 Å². The summed E-state index contributed by atoms with van der Waals surface area (Å²) in [5.41, 5.74) is 3.95. The third-order valence-corrected chi connectivity index (χ3v) is 4.31. The first-order valence-corrected chi connectivity index (χ1v) is 6.95. The summed E-state index contributed by atoms with van der Waals surface area (Å²) in [4.78, 5) is 0. The van der Waals surface area contributed by atoms with Gasteiger partial charge in [0.15, 0.2) is 0 Å². The number of benzene rings is 1. The molecule has 3 N–H and O–H groups in total. The van der Waals surface area contributed by atoms with Gasteiger partial charge in [0.25, 0.3) is 0 Å². The van der Waals surface area contributed by atoms with Gasteiger partial charge in [-0.1, -0.05) is 36.2 Å². The zero-order valence-electron chi connectivity index (χ0n) is 10.3. The number of ether oxygens (including phenoxy) is 1. The van der Waals surface area contributed by atoms with Crippen LogP contribution in [0.5, 0.6) is 0 Å². The summed E-state index contributed by atoms with van der Waals surface area (Å²) in [5, 5.41) is 1.12. The van der Waals surface area contributed by atoms with Gasteiger partial charge in [-0.15, -0.1) is 0 Å². The van der Waals surface area contributed by atoms with E-state index in [-0.39, 0.29) is 12.1 Å².